The lowest BCUT2D eigenvalue weighted by Crippen LogP contribution is -2.15. The monoisotopic (exact) mass is 547 g/mol. The van der Waals surface area contributed by atoms with E-state index in [-0.39, 0.29) is 12.6 Å². The zero-order valence-electron chi connectivity index (χ0n) is 23.6. The highest BCUT2D eigenvalue weighted by atomic mass is 16.6. The van der Waals surface area contributed by atoms with Gasteiger partial charge in [-0.1, -0.05) is 57.6 Å². The van der Waals surface area contributed by atoms with Crippen molar-refractivity contribution in [3.63, 3.8) is 0 Å². The first-order valence-electron chi connectivity index (χ1n) is 14.2. The number of carbonyl (C=O) groups is 1. The number of hydrogen-bond donors (Lipinski definition) is 1. The molecule has 7 heteroatoms. The molecule has 2 aromatic carbocycles. The van der Waals surface area contributed by atoms with E-state index in [1.54, 1.807) is 13.0 Å². The van der Waals surface area contributed by atoms with Crippen molar-refractivity contribution in [1.82, 2.24) is 0 Å². The number of unbranched alkanes of at least 4 members (excludes halogenated alkanes) is 8. The van der Waals surface area contributed by atoms with E-state index in [1.165, 1.54) is 25.7 Å². The summed E-state index contributed by atoms with van der Waals surface area (Å²) in [5.74, 6) is 1.73. The Hall–Kier alpha value is -3.76. The summed E-state index contributed by atoms with van der Waals surface area (Å²) in [4.78, 5) is 11.3. The van der Waals surface area contributed by atoms with Crippen LogP contribution in [-0.2, 0) is 16.1 Å². The Morgan fingerprint density at radius 1 is 0.950 bits per heavy atom. The highest BCUT2D eigenvalue weighted by Crippen LogP contribution is 2.32. The van der Waals surface area contributed by atoms with Gasteiger partial charge in [-0.3, -0.25) is 0 Å². The lowest BCUT2D eigenvalue weighted by atomic mass is 10.0. The molecule has 0 bridgehead atoms. The third-order valence-corrected chi connectivity index (χ3v) is 6.67. The lowest BCUT2D eigenvalue weighted by Gasteiger charge is -2.18. The summed E-state index contributed by atoms with van der Waals surface area (Å²) < 4.78 is 22.3. The van der Waals surface area contributed by atoms with Crippen molar-refractivity contribution < 1.29 is 28.8 Å². The van der Waals surface area contributed by atoms with Crippen LogP contribution in [0.1, 0.15) is 81.4 Å². The first-order chi connectivity index (χ1) is 19.5. The van der Waals surface area contributed by atoms with Crippen molar-refractivity contribution in [2.24, 2.45) is 0 Å². The normalized spacial score (nSPS) is 12.5. The fourth-order valence-electron chi connectivity index (χ4n) is 4.42. The van der Waals surface area contributed by atoms with Crippen LogP contribution in [0.25, 0.3) is 11.6 Å². The number of rotatable bonds is 17. The van der Waals surface area contributed by atoms with E-state index in [0.29, 0.717) is 60.4 Å². The van der Waals surface area contributed by atoms with Crippen LogP contribution in [0, 0.1) is 11.3 Å². The molecule has 0 saturated heterocycles. The molecule has 0 spiro atoms. The number of aliphatic hydroxyl groups excluding tert-OH is 1. The molecule has 1 aliphatic heterocycles. The molecule has 0 radical (unpaired) electrons. The molecular weight excluding hydrogens is 506 g/mol. The third kappa shape index (κ3) is 10.1. The molecule has 0 saturated carbocycles. The Balaban J connectivity index is 1.35. The van der Waals surface area contributed by atoms with Crippen molar-refractivity contribution in [2.45, 2.75) is 71.3 Å². The van der Waals surface area contributed by atoms with Gasteiger partial charge in [-0.25, -0.2) is 4.79 Å². The van der Waals surface area contributed by atoms with Crippen LogP contribution in [0.2, 0.25) is 0 Å². The number of benzene rings is 2. The molecule has 0 aromatic heterocycles. The zero-order valence-corrected chi connectivity index (χ0v) is 23.6. The maximum atomic E-state index is 11.3. The summed E-state index contributed by atoms with van der Waals surface area (Å²) in [6.07, 6.45) is 11.8. The van der Waals surface area contributed by atoms with Gasteiger partial charge in [-0.2, -0.15) is 5.26 Å². The van der Waals surface area contributed by atoms with E-state index >= 15 is 0 Å². The van der Waals surface area contributed by atoms with Crippen LogP contribution in [0.4, 0.5) is 0 Å². The van der Waals surface area contributed by atoms with Crippen molar-refractivity contribution in [2.75, 3.05) is 26.4 Å². The second kappa shape index (κ2) is 17.0. The fourth-order valence-corrected chi connectivity index (χ4v) is 4.42. The molecule has 1 heterocycles. The van der Waals surface area contributed by atoms with Gasteiger partial charge in [0.25, 0.3) is 0 Å². The Labute approximate surface area is 238 Å². The van der Waals surface area contributed by atoms with Crippen LogP contribution in [-0.4, -0.2) is 37.5 Å². The number of nitriles is 1. The molecular formula is C33H41NO6. The zero-order chi connectivity index (χ0) is 28.6. The van der Waals surface area contributed by atoms with Gasteiger partial charge in [-0.05, 0) is 67.3 Å². The molecule has 1 N–H and O–H groups in total. The van der Waals surface area contributed by atoms with Crippen LogP contribution in [0.3, 0.4) is 0 Å². The van der Waals surface area contributed by atoms with Gasteiger partial charge < -0.3 is 24.1 Å². The lowest BCUT2D eigenvalue weighted by molar-refractivity contribution is -0.139. The average Bonchev–Trinajstić information content (AvgIpc) is 2.98. The molecule has 3 rings (SSSR count). The maximum absolute atomic E-state index is 11.3. The van der Waals surface area contributed by atoms with Crippen LogP contribution >= 0.6 is 0 Å². The topological polar surface area (TPSA) is 98.0 Å². The number of aliphatic hydroxyl groups is 1. The van der Waals surface area contributed by atoms with E-state index < -0.39 is 0 Å². The molecule has 0 unspecified atom stereocenters. The number of esters is 1. The second-order valence-corrected chi connectivity index (χ2v) is 10.0. The number of carbonyl (C=O) groups excluding carboxylic acids is 1. The molecule has 1 aliphatic rings. The minimum absolute atomic E-state index is 0.164. The minimum Gasteiger partial charge on any atom is -0.493 e. The van der Waals surface area contributed by atoms with Gasteiger partial charge in [0.15, 0.2) is 11.5 Å². The number of hydrogen-bond acceptors (Lipinski definition) is 7. The van der Waals surface area contributed by atoms with Crippen molar-refractivity contribution >= 4 is 17.6 Å². The van der Waals surface area contributed by atoms with E-state index in [0.717, 1.165) is 43.2 Å². The molecule has 0 atom stereocenters. The van der Waals surface area contributed by atoms with Crippen molar-refractivity contribution in [1.29, 1.82) is 5.26 Å². The fraction of sp³-hybridized carbons (Fsp3) is 0.455. The summed E-state index contributed by atoms with van der Waals surface area (Å²) in [5.41, 5.74) is 3.17. The predicted molar refractivity (Wildman–Crippen MR) is 156 cm³/mol. The molecule has 40 heavy (non-hydrogen) atoms. The number of fused-ring (bicyclic) bond motifs is 1. The van der Waals surface area contributed by atoms with Crippen molar-refractivity contribution in [3.8, 4) is 23.3 Å². The first kappa shape index (κ1) is 30.8. The predicted octanol–water partition coefficient (Wildman–Crippen LogP) is 7.02. The SMILES string of the molecule is C=C(C)C(=O)OCCCCCCCCCCCOc1ccc(C(C#N)=Cc2ccc3c(c2)OCCO3)cc1CO. The van der Waals surface area contributed by atoms with Gasteiger partial charge in [0.05, 0.1) is 31.5 Å². The Bertz CT molecular complexity index is 1200. The molecule has 7 nitrogen and oxygen atoms in total. The van der Waals surface area contributed by atoms with E-state index in [4.69, 9.17) is 18.9 Å². The number of nitrogens with zero attached hydrogens (tertiary/aromatic N) is 1. The molecule has 0 aliphatic carbocycles. The minimum atomic E-state index is -0.303. The summed E-state index contributed by atoms with van der Waals surface area (Å²) in [6.45, 7) is 7.18. The summed E-state index contributed by atoms with van der Waals surface area (Å²) in [5, 5.41) is 19.7. The Morgan fingerprint density at radius 2 is 1.60 bits per heavy atom. The molecule has 214 valence electrons. The largest absolute Gasteiger partial charge is 0.493 e. The number of allylic oxidation sites excluding steroid dienone is 1. The number of ether oxygens (including phenoxy) is 4. The standard InChI is InChI=1S/C33H41NO6/c1-25(2)33(36)40-17-11-9-7-5-3-4-6-8-10-16-37-30-15-13-27(22-29(30)24-35)28(23-34)20-26-12-14-31-32(21-26)39-19-18-38-31/h12-15,20-22,35H,1,3-11,16-19,24H2,2H3. The summed E-state index contributed by atoms with van der Waals surface area (Å²) in [6, 6.07) is 13.4. The summed E-state index contributed by atoms with van der Waals surface area (Å²) >= 11 is 0. The quantitative estimate of drug-likeness (QED) is 0.0747. The van der Waals surface area contributed by atoms with Gasteiger partial charge in [-0.15, -0.1) is 0 Å². The molecule has 0 amide bonds. The summed E-state index contributed by atoms with van der Waals surface area (Å²) in [7, 11) is 0. The van der Waals surface area contributed by atoms with Gasteiger partial charge >= 0.3 is 5.97 Å². The molecule has 0 fully saturated rings. The van der Waals surface area contributed by atoms with Gasteiger partial charge in [0.2, 0.25) is 0 Å². The van der Waals surface area contributed by atoms with Crippen molar-refractivity contribution in [3.05, 3.63) is 65.2 Å². The maximum Gasteiger partial charge on any atom is 0.333 e. The highest BCUT2D eigenvalue weighted by molar-refractivity contribution is 5.90. The van der Waals surface area contributed by atoms with E-state index in [1.807, 2.05) is 36.4 Å². The second-order valence-electron chi connectivity index (χ2n) is 10.0. The van der Waals surface area contributed by atoms with Crippen LogP contribution in [0.15, 0.2) is 48.6 Å². The van der Waals surface area contributed by atoms with E-state index in [2.05, 4.69) is 12.6 Å². The Morgan fingerprint density at radius 3 is 2.25 bits per heavy atom. The molecule has 2 aromatic rings. The van der Waals surface area contributed by atoms with E-state index in [9.17, 15) is 15.2 Å². The first-order valence-corrected chi connectivity index (χ1v) is 14.2. The van der Waals surface area contributed by atoms with Crippen LogP contribution in [0.5, 0.6) is 17.2 Å². The highest BCUT2D eigenvalue weighted by Gasteiger charge is 2.13. The average molecular weight is 548 g/mol. The third-order valence-electron chi connectivity index (χ3n) is 6.67. The van der Waals surface area contributed by atoms with Crippen LogP contribution < -0.4 is 14.2 Å². The smallest absolute Gasteiger partial charge is 0.333 e. The Kier molecular flexibility index (Phi) is 13.1. The van der Waals surface area contributed by atoms with Gasteiger partial charge in [0.1, 0.15) is 19.0 Å². The van der Waals surface area contributed by atoms with Gasteiger partial charge in [0, 0.05) is 11.1 Å².